The van der Waals surface area contributed by atoms with Gasteiger partial charge in [-0.1, -0.05) is 0 Å². The van der Waals surface area contributed by atoms with E-state index < -0.39 is 23.8 Å². The Hall–Kier alpha value is -1.83. The SMILES string of the molecule is CNC(=O)[C@@H]1CCCN(C(=O)[C@H](C)NC(=O)OC(C)(C)C)N1. The zero-order valence-electron chi connectivity index (χ0n) is 13.9. The number of likely N-dealkylation sites (N-methyl/N-ethyl adjacent to an activating group) is 1. The number of alkyl carbamates (subject to hydrolysis) is 1. The molecular formula is C14H26N4O4. The van der Waals surface area contributed by atoms with Crippen molar-refractivity contribution in [3.8, 4) is 0 Å². The third-order valence-corrected chi connectivity index (χ3v) is 3.12. The number of nitrogens with one attached hydrogen (secondary N) is 3. The number of hydrogen-bond donors (Lipinski definition) is 3. The molecule has 0 aliphatic carbocycles. The average molecular weight is 314 g/mol. The molecule has 2 atom stereocenters. The maximum Gasteiger partial charge on any atom is 0.408 e. The third-order valence-electron chi connectivity index (χ3n) is 3.12. The summed E-state index contributed by atoms with van der Waals surface area (Å²) in [4.78, 5) is 35.6. The molecule has 3 N–H and O–H groups in total. The number of rotatable bonds is 3. The van der Waals surface area contributed by atoms with Crippen LogP contribution in [0.1, 0.15) is 40.5 Å². The molecule has 8 heteroatoms. The second-order valence-electron chi connectivity index (χ2n) is 6.30. The van der Waals surface area contributed by atoms with Crippen LogP contribution < -0.4 is 16.1 Å². The largest absolute Gasteiger partial charge is 0.444 e. The standard InChI is InChI=1S/C14H26N4O4/c1-9(16-13(21)22-14(2,3)4)12(20)18-8-6-7-10(17-18)11(19)15-5/h9-10,17H,6-8H2,1-5H3,(H,15,19)(H,16,21)/t9-,10-/m0/s1. The quantitative estimate of drug-likeness (QED) is 0.688. The van der Waals surface area contributed by atoms with Gasteiger partial charge in [-0.25, -0.2) is 10.2 Å². The summed E-state index contributed by atoms with van der Waals surface area (Å²) in [5, 5.41) is 6.43. The Bertz CT molecular complexity index is 433. The highest BCUT2D eigenvalue weighted by Gasteiger charge is 2.30. The summed E-state index contributed by atoms with van der Waals surface area (Å²) in [5.41, 5.74) is 2.26. The predicted octanol–water partition coefficient (Wildman–Crippen LogP) is 0.141. The van der Waals surface area contributed by atoms with Crippen molar-refractivity contribution in [3.63, 3.8) is 0 Å². The lowest BCUT2D eigenvalue weighted by atomic mass is 10.1. The van der Waals surface area contributed by atoms with Crippen LogP contribution in [-0.2, 0) is 14.3 Å². The summed E-state index contributed by atoms with van der Waals surface area (Å²) >= 11 is 0. The van der Waals surface area contributed by atoms with Crippen LogP contribution in [0.5, 0.6) is 0 Å². The summed E-state index contributed by atoms with van der Waals surface area (Å²) < 4.78 is 5.12. The summed E-state index contributed by atoms with van der Waals surface area (Å²) in [6.45, 7) is 7.32. The number of amides is 3. The van der Waals surface area contributed by atoms with Crippen molar-refractivity contribution in [2.75, 3.05) is 13.6 Å². The number of nitrogens with zero attached hydrogens (tertiary/aromatic N) is 1. The average Bonchev–Trinajstić information content (AvgIpc) is 2.43. The summed E-state index contributed by atoms with van der Waals surface area (Å²) in [7, 11) is 1.55. The Morgan fingerprint density at radius 1 is 1.32 bits per heavy atom. The van der Waals surface area contributed by atoms with Gasteiger partial charge in [0, 0.05) is 13.6 Å². The van der Waals surface area contributed by atoms with Crippen LogP contribution in [-0.4, -0.2) is 54.2 Å². The number of hydrogen-bond acceptors (Lipinski definition) is 5. The first kappa shape index (κ1) is 18.2. The van der Waals surface area contributed by atoms with E-state index in [1.54, 1.807) is 34.7 Å². The molecule has 0 spiro atoms. The van der Waals surface area contributed by atoms with E-state index in [1.165, 1.54) is 5.01 Å². The molecule has 0 aromatic carbocycles. The molecule has 1 aliphatic rings. The van der Waals surface area contributed by atoms with Gasteiger partial charge in [-0.3, -0.25) is 14.6 Å². The third kappa shape index (κ3) is 5.51. The molecule has 0 bridgehead atoms. The fraction of sp³-hybridized carbons (Fsp3) is 0.786. The first-order chi connectivity index (χ1) is 10.1. The van der Waals surface area contributed by atoms with E-state index >= 15 is 0 Å². The first-order valence-corrected chi connectivity index (χ1v) is 7.42. The van der Waals surface area contributed by atoms with Crippen LogP contribution in [0.2, 0.25) is 0 Å². The highest BCUT2D eigenvalue weighted by Crippen LogP contribution is 2.10. The second kappa shape index (κ2) is 7.44. The molecule has 0 aromatic rings. The van der Waals surface area contributed by atoms with Crippen molar-refractivity contribution in [1.82, 2.24) is 21.1 Å². The first-order valence-electron chi connectivity index (χ1n) is 7.42. The molecule has 126 valence electrons. The Morgan fingerprint density at radius 3 is 2.50 bits per heavy atom. The maximum absolute atomic E-state index is 12.3. The van der Waals surface area contributed by atoms with E-state index in [9.17, 15) is 14.4 Å². The Balaban J connectivity index is 2.55. The Kier molecular flexibility index (Phi) is 6.16. The molecule has 0 radical (unpaired) electrons. The Morgan fingerprint density at radius 2 is 1.95 bits per heavy atom. The highest BCUT2D eigenvalue weighted by atomic mass is 16.6. The predicted molar refractivity (Wildman–Crippen MR) is 80.8 cm³/mol. The molecule has 1 aliphatic heterocycles. The number of hydrazine groups is 1. The van der Waals surface area contributed by atoms with Crippen LogP contribution in [0.15, 0.2) is 0 Å². The van der Waals surface area contributed by atoms with Gasteiger partial charge in [0.15, 0.2) is 0 Å². The molecule has 0 saturated carbocycles. The van der Waals surface area contributed by atoms with E-state index in [0.717, 1.165) is 6.42 Å². The fourth-order valence-electron chi connectivity index (χ4n) is 2.09. The van der Waals surface area contributed by atoms with Crippen molar-refractivity contribution in [2.24, 2.45) is 0 Å². The van der Waals surface area contributed by atoms with Crippen LogP contribution in [0.25, 0.3) is 0 Å². The van der Waals surface area contributed by atoms with Gasteiger partial charge in [-0.15, -0.1) is 0 Å². The lowest BCUT2D eigenvalue weighted by molar-refractivity contribution is -0.140. The minimum atomic E-state index is -0.745. The molecule has 0 aromatic heterocycles. The number of carbonyl (C=O) groups excluding carboxylic acids is 3. The second-order valence-corrected chi connectivity index (χ2v) is 6.30. The van der Waals surface area contributed by atoms with Crippen LogP contribution in [0, 0.1) is 0 Å². The zero-order chi connectivity index (χ0) is 16.9. The van der Waals surface area contributed by atoms with Crippen molar-refractivity contribution >= 4 is 17.9 Å². The van der Waals surface area contributed by atoms with Gasteiger partial charge in [0.1, 0.15) is 17.7 Å². The molecular weight excluding hydrogens is 288 g/mol. The number of carbonyl (C=O) groups is 3. The van der Waals surface area contributed by atoms with Gasteiger partial charge >= 0.3 is 6.09 Å². The van der Waals surface area contributed by atoms with E-state index in [2.05, 4.69) is 16.1 Å². The molecule has 8 nitrogen and oxygen atoms in total. The molecule has 1 fully saturated rings. The van der Waals surface area contributed by atoms with Gasteiger partial charge in [-0.05, 0) is 40.5 Å². The van der Waals surface area contributed by atoms with E-state index in [-0.39, 0.29) is 11.8 Å². The fourth-order valence-corrected chi connectivity index (χ4v) is 2.09. The van der Waals surface area contributed by atoms with E-state index in [1.807, 2.05) is 0 Å². The van der Waals surface area contributed by atoms with Crippen molar-refractivity contribution in [1.29, 1.82) is 0 Å². The van der Waals surface area contributed by atoms with Crippen molar-refractivity contribution in [3.05, 3.63) is 0 Å². The number of ether oxygens (including phenoxy) is 1. The highest BCUT2D eigenvalue weighted by molar-refractivity contribution is 5.86. The van der Waals surface area contributed by atoms with Gasteiger partial charge in [0.25, 0.3) is 5.91 Å². The van der Waals surface area contributed by atoms with Crippen LogP contribution >= 0.6 is 0 Å². The minimum Gasteiger partial charge on any atom is -0.444 e. The normalized spacial score (nSPS) is 20.0. The molecule has 3 amide bonds. The van der Waals surface area contributed by atoms with E-state index in [0.29, 0.717) is 13.0 Å². The topological polar surface area (TPSA) is 99.8 Å². The monoisotopic (exact) mass is 314 g/mol. The molecule has 22 heavy (non-hydrogen) atoms. The molecule has 1 saturated heterocycles. The van der Waals surface area contributed by atoms with Gasteiger partial charge in [-0.2, -0.15) is 0 Å². The zero-order valence-corrected chi connectivity index (χ0v) is 13.9. The lowest BCUT2D eigenvalue weighted by Crippen LogP contribution is -2.60. The van der Waals surface area contributed by atoms with Gasteiger partial charge in [0.05, 0.1) is 0 Å². The summed E-state index contributed by atoms with van der Waals surface area (Å²) in [5.74, 6) is -0.468. The Labute approximate surface area is 130 Å². The van der Waals surface area contributed by atoms with Gasteiger partial charge < -0.3 is 15.4 Å². The van der Waals surface area contributed by atoms with Crippen molar-refractivity contribution < 1.29 is 19.1 Å². The summed E-state index contributed by atoms with van der Waals surface area (Å²) in [6.07, 6.45) is 0.737. The lowest BCUT2D eigenvalue weighted by Gasteiger charge is -2.34. The minimum absolute atomic E-state index is 0.162. The molecule has 1 rings (SSSR count). The maximum atomic E-state index is 12.3. The van der Waals surface area contributed by atoms with Crippen LogP contribution in [0.4, 0.5) is 4.79 Å². The van der Waals surface area contributed by atoms with Crippen LogP contribution in [0.3, 0.4) is 0 Å². The van der Waals surface area contributed by atoms with E-state index in [4.69, 9.17) is 4.74 Å². The van der Waals surface area contributed by atoms with Gasteiger partial charge in [0.2, 0.25) is 5.91 Å². The van der Waals surface area contributed by atoms with Crippen molar-refractivity contribution in [2.45, 2.75) is 58.2 Å². The summed E-state index contributed by atoms with van der Waals surface area (Å²) in [6, 6.07) is -1.18. The molecule has 1 heterocycles. The smallest absolute Gasteiger partial charge is 0.408 e. The molecule has 0 unspecified atom stereocenters.